The summed E-state index contributed by atoms with van der Waals surface area (Å²) in [7, 11) is -3.45. The van der Waals surface area contributed by atoms with E-state index in [2.05, 4.69) is 20.7 Å². The number of rotatable bonds is 7. The van der Waals surface area contributed by atoms with Gasteiger partial charge in [0.25, 0.3) is 0 Å². The van der Waals surface area contributed by atoms with Crippen LogP contribution in [0.4, 0.5) is 0 Å². The fraction of sp³-hybridized carbons (Fsp3) is 0.538. The van der Waals surface area contributed by atoms with Crippen LogP contribution in [0.2, 0.25) is 0 Å². The summed E-state index contributed by atoms with van der Waals surface area (Å²) in [5.41, 5.74) is 0.731. The molecular weight excluding hydrogens is 330 g/mol. The lowest BCUT2D eigenvalue weighted by molar-refractivity contribution is 0.0778. The third-order valence-corrected chi connectivity index (χ3v) is 4.60. The Balaban J connectivity index is 2.59. The molecule has 0 aliphatic rings. The Morgan fingerprint density at radius 2 is 2.05 bits per heavy atom. The minimum Gasteiger partial charge on any atom is -0.379 e. The number of aryl methyl sites for hydroxylation is 1. The van der Waals surface area contributed by atoms with Gasteiger partial charge in [-0.25, -0.2) is 13.1 Å². The van der Waals surface area contributed by atoms with E-state index in [0.29, 0.717) is 24.5 Å². The Morgan fingerprint density at radius 3 is 2.68 bits per heavy atom. The molecule has 19 heavy (non-hydrogen) atoms. The summed E-state index contributed by atoms with van der Waals surface area (Å²) in [6.07, 6.45) is 0.828. The number of hydrogen-bond donors (Lipinski definition) is 1. The van der Waals surface area contributed by atoms with Crippen molar-refractivity contribution >= 4 is 26.0 Å². The first kappa shape index (κ1) is 16.6. The Kier molecular flexibility index (Phi) is 6.46. The van der Waals surface area contributed by atoms with Crippen LogP contribution in [0.1, 0.15) is 25.8 Å². The lowest BCUT2D eigenvalue weighted by Gasteiger charge is -2.10. The first-order chi connectivity index (χ1) is 8.83. The van der Waals surface area contributed by atoms with Gasteiger partial charge in [0.1, 0.15) is 0 Å². The third-order valence-electron chi connectivity index (χ3n) is 2.50. The molecule has 4 nitrogen and oxygen atoms in total. The number of nitrogens with one attached hydrogen (secondary N) is 1. The molecule has 0 atom stereocenters. The second kappa shape index (κ2) is 7.38. The summed E-state index contributed by atoms with van der Waals surface area (Å²) in [6.45, 7) is 6.62. The Bertz CT molecular complexity index is 515. The van der Waals surface area contributed by atoms with E-state index in [1.54, 1.807) is 19.1 Å². The predicted molar refractivity (Wildman–Crippen MR) is 79.8 cm³/mol. The van der Waals surface area contributed by atoms with Crippen molar-refractivity contribution in [3.05, 3.63) is 28.2 Å². The zero-order valence-corrected chi connectivity index (χ0v) is 13.8. The number of halogens is 1. The molecule has 0 heterocycles. The maximum absolute atomic E-state index is 12.1. The largest absolute Gasteiger partial charge is 0.379 e. The number of ether oxygens (including phenoxy) is 1. The van der Waals surface area contributed by atoms with Gasteiger partial charge in [0, 0.05) is 17.6 Å². The van der Waals surface area contributed by atoms with E-state index < -0.39 is 10.0 Å². The molecule has 6 heteroatoms. The van der Waals surface area contributed by atoms with Gasteiger partial charge in [0.15, 0.2) is 0 Å². The molecule has 0 bridgehead atoms. The first-order valence-corrected chi connectivity index (χ1v) is 8.48. The van der Waals surface area contributed by atoms with E-state index in [-0.39, 0.29) is 6.10 Å². The van der Waals surface area contributed by atoms with Crippen molar-refractivity contribution in [2.75, 3.05) is 13.2 Å². The van der Waals surface area contributed by atoms with Crippen molar-refractivity contribution in [3.8, 4) is 0 Å². The molecule has 0 amide bonds. The second-order valence-corrected chi connectivity index (χ2v) is 7.23. The molecule has 1 aromatic rings. The zero-order chi connectivity index (χ0) is 14.5. The van der Waals surface area contributed by atoms with Gasteiger partial charge in [-0.2, -0.15) is 0 Å². The van der Waals surface area contributed by atoms with Gasteiger partial charge in [-0.05, 0) is 44.9 Å². The minimum absolute atomic E-state index is 0.170. The molecule has 0 spiro atoms. The second-order valence-electron chi connectivity index (χ2n) is 4.58. The smallest absolute Gasteiger partial charge is 0.240 e. The molecule has 0 saturated heterocycles. The normalized spacial score (nSPS) is 12.1. The Labute approximate surface area is 123 Å². The van der Waals surface area contributed by atoms with Crippen molar-refractivity contribution in [3.63, 3.8) is 0 Å². The summed E-state index contributed by atoms with van der Waals surface area (Å²) in [4.78, 5) is 0.312. The standard InChI is InChI=1S/C13H20BrNO3S/c1-10(2)18-8-4-7-15-19(16,17)13-9-12(14)6-5-11(13)3/h5-6,9-10,15H,4,7-8H2,1-3H3. The van der Waals surface area contributed by atoms with Gasteiger partial charge >= 0.3 is 0 Å². The average Bonchev–Trinajstić information content (AvgIpc) is 2.31. The number of benzene rings is 1. The molecule has 0 aliphatic carbocycles. The predicted octanol–water partition coefficient (Wildman–Crippen LogP) is 2.85. The summed E-state index contributed by atoms with van der Waals surface area (Å²) in [6, 6.07) is 5.22. The van der Waals surface area contributed by atoms with Crippen molar-refractivity contribution in [1.29, 1.82) is 0 Å². The van der Waals surface area contributed by atoms with E-state index in [1.807, 2.05) is 19.9 Å². The molecular formula is C13H20BrNO3S. The molecule has 0 aromatic heterocycles. The van der Waals surface area contributed by atoms with E-state index >= 15 is 0 Å². The van der Waals surface area contributed by atoms with Gasteiger partial charge in [-0.15, -0.1) is 0 Å². The molecule has 0 aliphatic heterocycles. The maximum Gasteiger partial charge on any atom is 0.240 e. The van der Waals surface area contributed by atoms with Crippen LogP contribution in [0.25, 0.3) is 0 Å². The SMILES string of the molecule is Cc1ccc(Br)cc1S(=O)(=O)NCCCOC(C)C. The molecule has 0 saturated carbocycles. The zero-order valence-electron chi connectivity index (χ0n) is 11.4. The first-order valence-electron chi connectivity index (χ1n) is 6.20. The van der Waals surface area contributed by atoms with Crippen molar-refractivity contribution in [2.24, 2.45) is 0 Å². The monoisotopic (exact) mass is 349 g/mol. The molecule has 0 radical (unpaired) electrons. The minimum atomic E-state index is -3.45. The van der Waals surface area contributed by atoms with Crippen molar-refractivity contribution in [2.45, 2.75) is 38.2 Å². The number of hydrogen-bond acceptors (Lipinski definition) is 3. The van der Waals surface area contributed by atoms with Gasteiger partial charge < -0.3 is 4.74 Å². The summed E-state index contributed by atoms with van der Waals surface area (Å²) in [5.74, 6) is 0. The van der Waals surface area contributed by atoms with E-state index in [1.165, 1.54) is 0 Å². The highest BCUT2D eigenvalue weighted by molar-refractivity contribution is 9.10. The van der Waals surface area contributed by atoms with Gasteiger partial charge in [-0.1, -0.05) is 22.0 Å². The average molecular weight is 350 g/mol. The van der Waals surface area contributed by atoms with E-state index in [9.17, 15) is 8.42 Å². The van der Waals surface area contributed by atoms with E-state index in [4.69, 9.17) is 4.74 Å². The van der Waals surface area contributed by atoms with Crippen molar-refractivity contribution < 1.29 is 13.2 Å². The molecule has 1 aromatic carbocycles. The van der Waals surface area contributed by atoms with Crippen LogP contribution in [0.3, 0.4) is 0 Å². The highest BCUT2D eigenvalue weighted by Crippen LogP contribution is 2.20. The van der Waals surface area contributed by atoms with Crippen LogP contribution < -0.4 is 4.72 Å². The Morgan fingerprint density at radius 1 is 1.37 bits per heavy atom. The summed E-state index contributed by atoms with van der Waals surface area (Å²) in [5, 5.41) is 0. The van der Waals surface area contributed by atoms with Crippen LogP contribution in [0, 0.1) is 6.92 Å². The molecule has 108 valence electrons. The maximum atomic E-state index is 12.1. The molecule has 1 N–H and O–H groups in total. The summed E-state index contributed by atoms with van der Waals surface area (Å²) >= 11 is 3.29. The highest BCUT2D eigenvalue weighted by Gasteiger charge is 2.16. The Hall–Kier alpha value is -0.430. The van der Waals surface area contributed by atoms with Crippen LogP contribution in [-0.4, -0.2) is 27.7 Å². The fourth-order valence-corrected chi connectivity index (χ4v) is 3.39. The molecule has 0 unspecified atom stereocenters. The van der Waals surface area contributed by atoms with Gasteiger partial charge in [0.05, 0.1) is 11.0 Å². The van der Waals surface area contributed by atoms with Crippen LogP contribution in [0.15, 0.2) is 27.6 Å². The van der Waals surface area contributed by atoms with Crippen molar-refractivity contribution in [1.82, 2.24) is 4.72 Å². The molecule has 0 fully saturated rings. The fourth-order valence-electron chi connectivity index (χ4n) is 1.54. The van der Waals surface area contributed by atoms with Gasteiger partial charge in [0.2, 0.25) is 10.0 Å². The van der Waals surface area contributed by atoms with Crippen LogP contribution in [0.5, 0.6) is 0 Å². The lowest BCUT2D eigenvalue weighted by Crippen LogP contribution is -2.26. The topological polar surface area (TPSA) is 55.4 Å². The van der Waals surface area contributed by atoms with Gasteiger partial charge in [-0.3, -0.25) is 0 Å². The quantitative estimate of drug-likeness (QED) is 0.770. The lowest BCUT2D eigenvalue weighted by atomic mass is 10.2. The number of sulfonamides is 1. The van der Waals surface area contributed by atoms with Crippen LogP contribution >= 0.6 is 15.9 Å². The van der Waals surface area contributed by atoms with E-state index in [0.717, 1.165) is 10.0 Å². The highest BCUT2D eigenvalue weighted by atomic mass is 79.9. The third kappa shape index (κ3) is 5.60. The summed E-state index contributed by atoms with van der Waals surface area (Å²) < 4.78 is 33.0. The molecule has 1 rings (SSSR count). The van der Waals surface area contributed by atoms with Crippen LogP contribution in [-0.2, 0) is 14.8 Å².